The normalized spacial score (nSPS) is 13.0. The van der Waals surface area contributed by atoms with Gasteiger partial charge in [0, 0.05) is 5.69 Å². The van der Waals surface area contributed by atoms with Crippen LogP contribution in [0.3, 0.4) is 0 Å². The third-order valence-electron chi connectivity index (χ3n) is 3.65. The molecule has 0 spiro atoms. The van der Waals surface area contributed by atoms with E-state index < -0.39 is 5.97 Å². The molecule has 0 saturated carbocycles. The number of nitrogens with two attached hydrogens (primary N) is 1. The summed E-state index contributed by atoms with van der Waals surface area (Å²) in [6, 6.07) is 7.14. The van der Waals surface area contributed by atoms with Crippen LogP contribution in [0.4, 0.5) is 5.69 Å². The summed E-state index contributed by atoms with van der Waals surface area (Å²) in [6.07, 6.45) is 0. The Morgan fingerprint density at radius 1 is 1.19 bits per heavy atom. The van der Waals surface area contributed by atoms with Crippen molar-refractivity contribution in [1.29, 1.82) is 0 Å². The maximum atomic E-state index is 12.2. The van der Waals surface area contributed by atoms with E-state index in [-0.39, 0.29) is 6.61 Å². The first kappa shape index (κ1) is 13.8. The number of cyclic esters (lactones) is 1. The van der Waals surface area contributed by atoms with Gasteiger partial charge < -0.3 is 15.2 Å². The molecule has 1 aliphatic rings. The highest BCUT2D eigenvalue weighted by molar-refractivity contribution is 6.32. The Labute approximate surface area is 127 Å². The summed E-state index contributed by atoms with van der Waals surface area (Å²) in [7, 11) is 1.51. The van der Waals surface area contributed by atoms with Gasteiger partial charge in [0.2, 0.25) is 0 Å². The van der Waals surface area contributed by atoms with Gasteiger partial charge in [-0.2, -0.15) is 0 Å². The minimum absolute atomic E-state index is 0.188. The first-order valence-corrected chi connectivity index (χ1v) is 6.83. The zero-order chi connectivity index (χ0) is 15.1. The van der Waals surface area contributed by atoms with Crippen LogP contribution >= 0.6 is 11.6 Å². The van der Waals surface area contributed by atoms with Gasteiger partial charge in [0.05, 0.1) is 17.7 Å². The molecule has 0 atom stereocenters. The largest absolute Gasteiger partial charge is 0.495 e. The van der Waals surface area contributed by atoms with Gasteiger partial charge in [-0.15, -0.1) is 0 Å². The molecule has 21 heavy (non-hydrogen) atoms. The van der Waals surface area contributed by atoms with Gasteiger partial charge in [-0.05, 0) is 53.4 Å². The number of ether oxygens (including phenoxy) is 2. The Bertz CT molecular complexity index is 756. The van der Waals surface area contributed by atoms with Crippen LogP contribution in [-0.2, 0) is 11.3 Å². The van der Waals surface area contributed by atoms with Gasteiger partial charge in [-0.1, -0.05) is 11.6 Å². The standard InChI is InChI=1S/C16H14ClNO3/c1-8-3-10-9(4-14(8)18)7-21-16(19)12-6-15(20-2)13(17)5-11(10)12/h3-6H,7,18H2,1-2H3. The van der Waals surface area contributed by atoms with E-state index in [2.05, 4.69) is 0 Å². The van der Waals surface area contributed by atoms with Crippen LogP contribution in [0.1, 0.15) is 21.5 Å². The van der Waals surface area contributed by atoms with Gasteiger partial charge in [0.1, 0.15) is 12.4 Å². The van der Waals surface area contributed by atoms with E-state index in [1.807, 2.05) is 19.1 Å². The molecule has 0 amide bonds. The molecule has 0 unspecified atom stereocenters. The second-order valence-electron chi connectivity index (χ2n) is 4.97. The quantitative estimate of drug-likeness (QED) is 0.646. The molecule has 4 nitrogen and oxygen atoms in total. The first-order chi connectivity index (χ1) is 10.0. The minimum Gasteiger partial charge on any atom is -0.495 e. The molecule has 0 aromatic heterocycles. The Hall–Kier alpha value is -2.20. The summed E-state index contributed by atoms with van der Waals surface area (Å²) < 4.78 is 10.5. The van der Waals surface area contributed by atoms with E-state index >= 15 is 0 Å². The number of fused-ring (bicyclic) bond motifs is 3. The predicted octanol–water partition coefficient (Wildman–Crippen LogP) is 3.58. The summed E-state index contributed by atoms with van der Waals surface area (Å²) in [5, 5.41) is 0.450. The molecule has 5 heteroatoms. The molecule has 0 fully saturated rings. The van der Waals surface area contributed by atoms with Crippen molar-refractivity contribution < 1.29 is 14.3 Å². The van der Waals surface area contributed by atoms with Crippen LogP contribution in [0.25, 0.3) is 11.1 Å². The van der Waals surface area contributed by atoms with Gasteiger partial charge >= 0.3 is 5.97 Å². The highest BCUT2D eigenvalue weighted by Gasteiger charge is 2.24. The monoisotopic (exact) mass is 303 g/mol. The average molecular weight is 304 g/mol. The lowest BCUT2D eigenvalue weighted by Crippen LogP contribution is -2.03. The topological polar surface area (TPSA) is 61.6 Å². The number of carbonyl (C=O) groups excluding carboxylic acids is 1. The summed E-state index contributed by atoms with van der Waals surface area (Å²) in [6.45, 7) is 2.11. The van der Waals surface area contributed by atoms with Crippen molar-refractivity contribution in [2.24, 2.45) is 0 Å². The summed E-state index contributed by atoms with van der Waals surface area (Å²) in [5.41, 5.74) is 10.5. The fourth-order valence-corrected chi connectivity index (χ4v) is 2.71. The van der Waals surface area contributed by atoms with Crippen molar-refractivity contribution in [3.05, 3.63) is 46.0 Å². The smallest absolute Gasteiger partial charge is 0.339 e. The highest BCUT2D eigenvalue weighted by Crippen LogP contribution is 2.39. The molecule has 0 bridgehead atoms. The van der Waals surface area contributed by atoms with Crippen LogP contribution < -0.4 is 10.5 Å². The van der Waals surface area contributed by atoms with Crippen molar-refractivity contribution in [3.63, 3.8) is 0 Å². The zero-order valence-electron chi connectivity index (χ0n) is 11.7. The number of anilines is 1. The second-order valence-corrected chi connectivity index (χ2v) is 5.38. The van der Waals surface area contributed by atoms with Crippen LogP contribution in [0, 0.1) is 6.92 Å². The Morgan fingerprint density at radius 3 is 2.67 bits per heavy atom. The third kappa shape index (κ3) is 2.21. The Kier molecular flexibility index (Phi) is 3.26. The molecule has 2 aromatic carbocycles. The fraction of sp³-hybridized carbons (Fsp3) is 0.188. The molecule has 2 aromatic rings. The molecule has 0 saturated heterocycles. The lowest BCUT2D eigenvalue weighted by molar-refractivity contribution is 0.0478. The zero-order valence-corrected chi connectivity index (χ0v) is 12.5. The molecule has 108 valence electrons. The van der Waals surface area contributed by atoms with Crippen LogP contribution in [0.5, 0.6) is 5.75 Å². The van der Waals surface area contributed by atoms with E-state index in [4.69, 9.17) is 26.8 Å². The number of benzene rings is 2. The molecule has 2 N–H and O–H groups in total. The van der Waals surface area contributed by atoms with Crippen molar-refractivity contribution in [1.82, 2.24) is 0 Å². The third-order valence-corrected chi connectivity index (χ3v) is 3.95. The number of esters is 1. The molecule has 0 radical (unpaired) electrons. The SMILES string of the molecule is COc1cc2c(cc1Cl)-c1cc(C)c(N)cc1COC2=O. The number of rotatable bonds is 1. The molecule has 3 rings (SSSR count). The molecular weight excluding hydrogens is 290 g/mol. The summed E-state index contributed by atoms with van der Waals surface area (Å²) in [5.74, 6) is 0.0513. The van der Waals surface area contributed by atoms with E-state index in [0.29, 0.717) is 22.0 Å². The number of halogens is 1. The number of hydrogen-bond donors (Lipinski definition) is 1. The van der Waals surface area contributed by atoms with Gasteiger partial charge in [-0.3, -0.25) is 0 Å². The fourth-order valence-electron chi connectivity index (χ4n) is 2.46. The Balaban J connectivity index is 2.32. The number of aryl methyl sites for hydroxylation is 1. The van der Waals surface area contributed by atoms with Crippen molar-refractivity contribution >= 4 is 23.3 Å². The number of nitrogen functional groups attached to an aromatic ring is 1. The Morgan fingerprint density at radius 2 is 1.95 bits per heavy atom. The van der Waals surface area contributed by atoms with Gasteiger partial charge in [-0.25, -0.2) is 4.79 Å². The first-order valence-electron chi connectivity index (χ1n) is 6.45. The van der Waals surface area contributed by atoms with Crippen LogP contribution in [-0.4, -0.2) is 13.1 Å². The predicted molar refractivity (Wildman–Crippen MR) is 81.7 cm³/mol. The average Bonchev–Trinajstić information content (AvgIpc) is 2.58. The van der Waals surface area contributed by atoms with Gasteiger partial charge in [0.25, 0.3) is 0 Å². The summed E-state index contributed by atoms with van der Waals surface area (Å²) in [4.78, 5) is 12.2. The number of methoxy groups -OCH3 is 1. The molecule has 1 aliphatic heterocycles. The van der Waals surface area contributed by atoms with Crippen molar-refractivity contribution in [3.8, 4) is 16.9 Å². The van der Waals surface area contributed by atoms with Gasteiger partial charge in [0.15, 0.2) is 0 Å². The maximum absolute atomic E-state index is 12.2. The lowest BCUT2D eigenvalue weighted by Gasteiger charge is -2.12. The maximum Gasteiger partial charge on any atom is 0.339 e. The van der Waals surface area contributed by atoms with E-state index in [1.54, 1.807) is 12.1 Å². The summed E-state index contributed by atoms with van der Waals surface area (Å²) >= 11 is 6.20. The number of hydrogen-bond acceptors (Lipinski definition) is 4. The lowest BCUT2D eigenvalue weighted by atomic mass is 9.94. The van der Waals surface area contributed by atoms with Crippen molar-refractivity contribution in [2.75, 3.05) is 12.8 Å². The van der Waals surface area contributed by atoms with Crippen molar-refractivity contribution in [2.45, 2.75) is 13.5 Å². The highest BCUT2D eigenvalue weighted by atomic mass is 35.5. The van der Waals surface area contributed by atoms with E-state index in [1.165, 1.54) is 7.11 Å². The molecular formula is C16H14ClNO3. The molecule has 1 heterocycles. The van der Waals surface area contributed by atoms with Crippen LogP contribution in [0.15, 0.2) is 24.3 Å². The van der Waals surface area contributed by atoms with Crippen LogP contribution in [0.2, 0.25) is 5.02 Å². The molecule has 0 aliphatic carbocycles. The minimum atomic E-state index is -0.396. The van der Waals surface area contributed by atoms with E-state index in [9.17, 15) is 4.79 Å². The van der Waals surface area contributed by atoms with E-state index in [0.717, 1.165) is 22.3 Å². The number of carbonyl (C=O) groups is 1. The second kappa shape index (κ2) is 4.97.